The molecule has 0 saturated heterocycles. The van der Waals surface area contributed by atoms with Crippen LogP contribution < -0.4 is 0 Å². The zero-order chi connectivity index (χ0) is 23.5. The highest BCUT2D eigenvalue weighted by Crippen LogP contribution is 2.30. The van der Waals surface area contributed by atoms with E-state index in [2.05, 4.69) is 26.2 Å². The molecule has 0 aliphatic heterocycles. The minimum Gasteiger partial charge on any atom is -0.510 e. The van der Waals surface area contributed by atoms with Crippen molar-refractivity contribution in [3.8, 4) is 23.1 Å². The molecule has 2 heterocycles. The number of para-hydroxylation sites is 2. The number of rotatable bonds is 6. The Hall–Kier alpha value is -4.06. The Morgan fingerprint density at radius 3 is 2.47 bits per heavy atom. The van der Waals surface area contributed by atoms with Gasteiger partial charge in [0.05, 0.1) is 16.8 Å². The van der Waals surface area contributed by atoms with E-state index in [4.69, 9.17) is 11.6 Å². The Balaban J connectivity index is 1.50. The lowest BCUT2D eigenvalue weighted by molar-refractivity contribution is 0.420. The van der Waals surface area contributed by atoms with E-state index in [9.17, 15) is 10.4 Å². The number of fused-ring (bicyclic) bond motifs is 1. The summed E-state index contributed by atoms with van der Waals surface area (Å²) in [5.74, 6) is 0.997. The Morgan fingerprint density at radius 2 is 1.74 bits per heavy atom. The summed E-state index contributed by atoms with van der Waals surface area (Å²) in [6.45, 7) is 0. The molecule has 2 N–H and O–H groups in total. The number of H-pyrrole nitrogens is 1. The molecule has 0 aliphatic rings. The highest BCUT2D eigenvalue weighted by molar-refractivity contribution is 7.99. The van der Waals surface area contributed by atoms with E-state index in [1.54, 1.807) is 12.1 Å². The summed E-state index contributed by atoms with van der Waals surface area (Å²) in [7, 11) is 0. The summed E-state index contributed by atoms with van der Waals surface area (Å²) in [6, 6.07) is 26.6. The van der Waals surface area contributed by atoms with Crippen molar-refractivity contribution < 1.29 is 5.11 Å². The van der Waals surface area contributed by atoms with Crippen LogP contribution in [0.3, 0.4) is 0 Å². The maximum absolute atomic E-state index is 10.8. The van der Waals surface area contributed by atoms with Gasteiger partial charge in [0.1, 0.15) is 17.4 Å². The Labute approximate surface area is 204 Å². The van der Waals surface area contributed by atoms with Crippen LogP contribution in [0.15, 0.2) is 89.8 Å². The molecule has 34 heavy (non-hydrogen) atoms. The predicted molar refractivity (Wildman–Crippen MR) is 134 cm³/mol. The van der Waals surface area contributed by atoms with Gasteiger partial charge >= 0.3 is 0 Å². The first-order chi connectivity index (χ1) is 16.6. The first kappa shape index (κ1) is 21.8. The van der Waals surface area contributed by atoms with Gasteiger partial charge in [-0.25, -0.2) is 4.98 Å². The summed E-state index contributed by atoms with van der Waals surface area (Å²) in [6.07, 6.45) is 0. The minimum absolute atomic E-state index is 0.0875. The van der Waals surface area contributed by atoms with Crippen LogP contribution in [0, 0.1) is 11.3 Å². The number of benzene rings is 3. The number of aromatic amines is 1. The lowest BCUT2D eigenvalue weighted by atomic mass is 10.2. The van der Waals surface area contributed by atoms with Gasteiger partial charge in [0.15, 0.2) is 16.8 Å². The standard InChI is InChI=1S/C25H17ClN6OS/c26-17-10-12-18(13-11-17)32-24(16-6-2-1-3-7-16)30-31-25(32)34-15-22(33)19(14-27)23-28-20-8-4-5-9-21(20)29-23/h1-13,33H,15H2,(H,28,29). The fraction of sp³-hybridized carbons (Fsp3) is 0.0400. The lowest BCUT2D eigenvalue weighted by Crippen LogP contribution is -2.01. The molecule has 5 rings (SSSR count). The highest BCUT2D eigenvalue weighted by atomic mass is 35.5. The van der Waals surface area contributed by atoms with Crippen LogP contribution in [0.2, 0.25) is 5.02 Å². The third-order valence-corrected chi connectivity index (χ3v) is 6.31. The number of aliphatic hydroxyl groups is 1. The van der Waals surface area contributed by atoms with Crippen molar-refractivity contribution >= 4 is 40.0 Å². The number of thioether (sulfide) groups is 1. The molecule has 0 atom stereocenters. The smallest absolute Gasteiger partial charge is 0.196 e. The monoisotopic (exact) mass is 484 g/mol. The number of aromatic nitrogens is 5. The maximum atomic E-state index is 10.8. The summed E-state index contributed by atoms with van der Waals surface area (Å²) in [4.78, 5) is 7.51. The molecule has 0 fully saturated rings. The van der Waals surface area contributed by atoms with Crippen molar-refractivity contribution in [1.82, 2.24) is 24.7 Å². The average Bonchev–Trinajstić information content (AvgIpc) is 3.48. The van der Waals surface area contributed by atoms with Gasteiger partial charge in [-0.05, 0) is 36.4 Å². The van der Waals surface area contributed by atoms with Crippen LogP contribution in [-0.4, -0.2) is 35.6 Å². The van der Waals surface area contributed by atoms with Crippen molar-refractivity contribution in [2.24, 2.45) is 0 Å². The van der Waals surface area contributed by atoms with Gasteiger partial charge in [-0.3, -0.25) is 4.57 Å². The molecule has 0 amide bonds. The number of hydrogen-bond acceptors (Lipinski definition) is 6. The van der Waals surface area contributed by atoms with Crippen LogP contribution in [-0.2, 0) is 0 Å². The van der Waals surface area contributed by atoms with Gasteiger partial charge in [-0.2, -0.15) is 5.26 Å². The van der Waals surface area contributed by atoms with E-state index >= 15 is 0 Å². The Kier molecular flexibility index (Phi) is 6.04. The molecule has 3 aromatic carbocycles. The topological polar surface area (TPSA) is 103 Å². The van der Waals surface area contributed by atoms with Crippen molar-refractivity contribution in [3.05, 3.63) is 95.5 Å². The van der Waals surface area contributed by atoms with Crippen LogP contribution in [0.5, 0.6) is 0 Å². The lowest BCUT2D eigenvalue weighted by Gasteiger charge is -2.10. The molecule has 0 spiro atoms. The van der Waals surface area contributed by atoms with Gasteiger partial charge in [-0.15, -0.1) is 10.2 Å². The molecule has 166 valence electrons. The summed E-state index contributed by atoms with van der Waals surface area (Å²) < 4.78 is 1.90. The molecule has 2 aromatic heterocycles. The van der Waals surface area contributed by atoms with E-state index in [0.717, 1.165) is 22.3 Å². The van der Waals surface area contributed by atoms with Gasteiger partial charge in [0.25, 0.3) is 0 Å². The maximum Gasteiger partial charge on any atom is 0.196 e. The van der Waals surface area contributed by atoms with E-state index in [1.807, 2.05) is 71.3 Å². The number of nitrogens with one attached hydrogen (secondary N) is 1. The van der Waals surface area contributed by atoms with Crippen LogP contribution >= 0.6 is 23.4 Å². The minimum atomic E-state index is -0.0986. The number of nitrogens with zero attached hydrogens (tertiary/aromatic N) is 5. The fourth-order valence-corrected chi connectivity index (χ4v) is 4.45. The van der Waals surface area contributed by atoms with Crippen molar-refractivity contribution in [2.75, 3.05) is 5.75 Å². The summed E-state index contributed by atoms with van der Waals surface area (Å²) in [5.41, 5.74) is 3.33. The molecule has 0 bridgehead atoms. The SMILES string of the molecule is N#CC(=C(O)CSc1nnc(-c2ccccc2)n1-c1ccc(Cl)cc1)c1nc2ccccc2[nH]1. The molecular formula is C25H17ClN6OS. The normalized spacial score (nSPS) is 11.9. The second kappa shape index (κ2) is 9.43. The van der Waals surface area contributed by atoms with E-state index in [1.165, 1.54) is 11.8 Å². The third kappa shape index (κ3) is 4.27. The van der Waals surface area contributed by atoms with Crippen molar-refractivity contribution in [1.29, 1.82) is 5.26 Å². The van der Waals surface area contributed by atoms with Gasteiger partial charge in [0, 0.05) is 16.3 Å². The molecule has 9 heteroatoms. The molecular weight excluding hydrogens is 468 g/mol. The molecule has 0 aliphatic carbocycles. The quantitative estimate of drug-likeness (QED) is 0.173. The van der Waals surface area contributed by atoms with Gasteiger partial charge < -0.3 is 10.1 Å². The first-order valence-corrected chi connectivity index (χ1v) is 11.7. The zero-order valence-corrected chi connectivity index (χ0v) is 19.3. The van der Waals surface area contributed by atoms with E-state index in [-0.39, 0.29) is 17.1 Å². The van der Waals surface area contributed by atoms with E-state index < -0.39 is 0 Å². The second-order valence-corrected chi connectivity index (χ2v) is 8.69. The van der Waals surface area contributed by atoms with Crippen LogP contribution in [0.4, 0.5) is 0 Å². The van der Waals surface area contributed by atoms with Crippen LogP contribution in [0.1, 0.15) is 5.82 Å². The molecule has 0 unspecified atom stereocenters. The Bertz CT molecular complexity index is 1500. The van der Waals surface area contributed by atoms with E-state index in [0.29, 0.717) is 21.8 Å². The molecule has 0 saturated carbocycles. The average molecular weight is 485 g/mol. The largest absolute Gasteiger partial charge is 0.510 e. The first-order valence-electron chi connectivity index (χ1n) is 10.3. The molecule has 5 aromatic rings. The summed E-state index contributed by atoms with van der Waals surface area (Å²) >= 11 is 7.36. The number of imidazole rings is 1. The fourth-order valence-electron chi connectivity index (χ4n) is 3.49. The number of nitriles is 1. The number of allylic oxidation sites excluding steroid dienone is 1. The van der Waals surface area contributed by atoms with Crippen molar-refractivity contribution in [3.63, 3.8) is 0 Å². The number of aliphatic hydroxyl groups excluding tert-OH is 1. The second-order valence-electron chi connectivity index (χ2n) is 7.31. The summed E-state index contributed by atoms with van der Waals surface area (Å²) in [5, 5.41) is 30.4. The highest BCUT2D eigenvalue weighted by Gasteiger charge is 2.19. The van der Waals surface area contributed by atoms with Crippen molar-refractivity contribution in [2.45, 2.75) is 5.16 Å². The third-order valence-electron chi connectivity index (χ3n) is 5.11. The van der Waals surface area contributed by atoms with Gasteiger partial charge in [0.2, 0.25) is 0 Å². The van der Waals surface area contributed by atoms with Crippen LogP contribution in [0.25, 0.3) is 33.7 Å². The number of hydrogen-bond donors (Lipinski definition) is 2. The molecule has 0 radical (unpaired) electrons. The Morgan fingerprint density at radius 1 is 1.00 bits per heavy atom. The number of halogens is 1. The predicted octanol–water partition coefficient (Wildman–Crippen LogP) is 6.05. The van der Waals surface area contributed by atoms with Gasteiger partial charge in [-0.1, -0.05) is 65.8 Å². The molecule has 7 nitrogen and oxygen atoms in total. The zero-order valence-electron chi connectivity index (χ0n) is 17.7.